The summed E-state index contributed by atoms with van der Waals surface area (Å²) in [5, 5.41) is 8.47. The molecular formula is C25H21ClN4O2. The number of nitrogens with zero attached hydrogens (tertiary/aromatic N) is 3. The zero-order chi connectivity index (χ0) is 21.9. The summed E-state index contributed by atoms with van der Waals surface area (Å²) < 4.78 is 13.5. The summed E-state index contributed by atoms with van der Waals surface area (Å²) >= 11 is 6.07. The maximum atomic E-state index is 6.12. The largest absolute Gasteiger partial charge is 0.493 e. The Kier molecular flexibility index (Phi) is 5.52. The molecule has 0 amide bonds. The average molecular weight is 445 g/mol. The monoisotopic (exact) mass is 444 g/mol. The van der Waals surface area contributed by atoms with Crippen LogP contribution in [0, 0.1) is 0 Å². The lowest BCUT2D eigenvalue weighted by molar-refractivity contribution is 0.284. The van der Waals surface area contributed by atoms with Crippen LogP contribution in [0.4, 0.5) is 5.95 Å². The van der Waals surface area contributed by atoms with Gasteiger partial charge in [0.2, 0.25) is 5.95 Å². The number of methoxy groups -OCH3 is 1. The quantitative estimate of drug-likeness (QED) is 0.421. The summed E-state index contributed by atoms with van der Waals surface area (Å²) in [5.74, 6) is 2.03. The van der Waals surface area contributed by atoms with Crippen LogP contribution in [0.25, 0.3) is 5.70 Å². The SMILES string of the molecule is COc1ccc(C2C=C(c3ccc(Cl)cc3)Nc3ncnn32)cc1OCc1ccccc1. The number of halogens is 1. The molecule has 0 saturated carbocycles. The second-order valence-corrected chi connectivity index (χ2v) is 7.81. The third kappa shape index (κ3) is 4.05. The minimum atomic E-state index is -0.163. The van der Waals surface area contributed by atoms with Crippen LogP contribution in [0.3, 0.4) is 0 Å². The number of rotatable bonds is 6. The Bertz CT molecular complexity index is 1250. The van der Waals surface area contributed by atoms with Crippen LogP contribution < -0.4 is 14.8 Å². The van der Waals surface area contributed by atoms with Gasteiger partial charge in [0, 0.05) is 10.7 Å². The first-order chi connectivity index (χ1) is 15.7. The summed E-state index contributed by atoms with van der Waals surface area (Å²) in [6.45, 7) is 0.452. The number of ether oxygens (including phenoxy) is 2. The first kappa shape index (κ1) is 20.2. The van der Waals surface area contributed by atoms with E-state index in [0.29, 0.717) is 29.1 Å². The zero-order valence-electron chi connectivity index (χ0n) is 17.4. The number of allylic oxidation sites excluding steroid dienone is 1. The first-order valence-corrected chi connectivity index (χ1v) is 10.6. The number of hydrogen-bond acceptors (Lipinski definition) is 5. The minimum absolute atomic E-state index is 0.163. The summed E-state index contributed by atoms with van der Waals surface area (Å²) in [6.07, 6.45) is 3.66. The Hall–Kier alpha value is -3.77. The first-order valence-electron chi connectivity index (χ1n) is 10.2. The summed E-state index contributed by atoms with van der Waals surface area (Å²) in [6, 6.07) is 23.5. The lowest BCUT2D eigenvalue weighted by Crippen LogP contribution is -2.20. The van der Waals surface area contributed by atoms with Crippen LogP contribution in [0.15, 0.2) is 85.2 Å². The molecule has 1 unspecified atom stereocenters. The highest BCUT2D eigenvalue weighted by molar-refractivity contribution is 6.30. The van der Waals surface area contributed by atoms with Gasteiger partial charge < -0.3 is 14.8 Å². The van der Waals surface area contributed by atoms with Crippen molar-refractivity contribution < 1.29 is 9.47 Å². The fourth-order valence-corrected chi connectivity index (χ4v) is 3.82. The lowest BCUT2D eigenvalue weighted by atomic mass is 10.0. The van der Waals surface area contributed by atoms with Gasteiger partial charge in [-0.15, -0.1) is 0 Å². The van der Waals surface area contributed by atoms with Gasteiger partial charge in [-0.3, -0.25) is 0 Å². The van der Waals surface area contributed by atoms with Crippen molar-refractivity contribution in [2.45, 2.75) is 12.6 Å². The third-order valence-corrected chi connectivity index (χ3v) is 5.58. The van der Waals surface area contributed by atoms with Crippen molar-refractivity contribution in [3.63, 3.8) is 0 Å². The second kappa shape index (κ2) is 8.77. The maximum Gasteiger partial charge on any atom is 0.226 e. The summed E-state index contributed by atoms with van der Waals surface area (Å²) in [5.41, 5.74) is 4.05. The Balaban J connectivity index is 1.50. The smallest absolute Gasteiger partial charge is 0.226 e. The van der Waals surface area contributed by atoms with Crippen molar-refractivity contribution in [3.8, 4) is 11.5 Å². The van der Waals surface area contributed by atoms with Gasteiger partial charge in [-0.25, -0.2) is 4.68 Å². The summed E-state index contributed by atoms with van der Waals surface area (Å²) in [4.78, 5) is 4.38. The number of fused-ring (bicyclic) bond motifs is 1. The van der Waals surface area contributed by atoms with Crippen molar-refractivity contribution >= 4 is 23.2 Å². The van der Waals surface area contributed by atoms with Gasteiger partial charge >= 0.3 is 0 Å². The van der Waals surface area contributed by atoms with Gasteiger partial charge in [-0.2, -0.15) is 10.1 Å². The van der Waals surface area contributed by atoms with Crippen LogP contribution >= 0.6 is 11.6 Å². The van der Waals surface area contributed by atoms with E-state index in [1.165, 1.54) is 0 Å². The molecule has 3 aromatic carbocycles. The predicted molar refractivity (Wildman–Crippen MR) is 125 cm³/mol. The highest BCUT2D eigenvalue weighted by Gasteiger charge is 2.24. The molecule has 0 fully saturated rings. The Morgan fingerprint density at radius 3 is 2.59 bits per heavy atom. The van der Waals surface area contributed by atoms with E-state index < -0.39 is 0 Å². The van der Waals surface area contributed by atoms with E-state index in [1.807, 2.05) is 77.5 Å². The fraction of sp³-hybridized carbons (Fsp3) is 0.120. The molecule has 2 heterocycles. The average Bonchev–Trinajstić information content (AvgIpc) is 3.32. The molecule has 0 saturated heterocycles. The molecule has 7 heteroatoms. The maximum absolute atomic E-state index is 6.12. The van der Waals surface area contributed by atoms with Crippen molar-refractivity contribution in [1.82, 2.24) is 14.8 Å². The van der Waals surface area contributed by atoms with E-state index in [-0.39, 0.29) is 6.04 Å². The molecule has 32 heavy (non-hydrogen) atoms. The second-order valence-electron chi connectivity index (χ2n) is 7.37. The molecular weight excluding hydrogens is 424 g/mol. The Morgan fingerprint density at radius 1 is 1.00 bits per heavy atom. The van der Waals surface area contributed by atoms with Crippen LogP contribution in [-0.2, 0) is 6.61 Å². The van der Waals surface area contributed by atoms with Gasteiger partial charge in [-0.05, 0) is 47.0 Å². The standard InChI is InChI=1S/C25H21ClN4O2/c1-31-23-12-9-19(13-24(23)32-15-17-5-3-2-4-6-17)22-14-21(18-7-10-20(26)11-8-18)29-25-27-16-28-30(22)25/h2-14,16,22H,15H2,1H3,(H,27,28,29). The molecule has 0 radical (unpaired) electrons. The van der Waals surface area contributed by atoms with Crippen LogP contribution in [0.5, 0.6) is 11.5 Å². The number of anilines is 1. The molecule has 5 rings (SSSR count). The molecule has 0 spiro atoms. The van der Waals surface area contributed by atoms with Gasteiger partial charge in [0.15, 0.2) is 11.5 Å². The highest BCUT2D eigenvalue weighted by Crippen LogP contribution is 2.36. The predicted octanol–water partition coefficient (Wildman–Crippen LogP) is 5.58. The van der Waals surface area contributed by atoms with Crippen molar-refractivity contribution in [1.29, 1.82) is 0 Å². The minimum Gasteiger partial charge on any atom is -0.493 e. The topological polar surface area (TPSA) is 61.2 Å². The van der Waals surface area contributed by atoms with E-state index in [9.17, 15) is 0 Å². The zero-order valence-corrected chi connectivity index (χ0v) is 18.2. The molecule has 4 aromatic rings. The van der Waals surface area contributed by atoms with Gasteiger partial charge in [0.05, 0.1) is 7.11 Å². The van der Waals surface area contributed by atoms with E-state index in [0.717, 1.165) is 22.4 Å². The van der Waals surface area contributed by atoms with Crippen molar-refractivity contribution in [3.05, 3.63) is 107 Å². The van der Waals surface area contributed by atoms with E-state index in [2.05, 4.69) is 21.5 Å². The molecule has 0 aliphatic carbocycles. The molecule has 1 atom stereocenters. The number of hydrogen-bond donors (Lipinski definition) is 1. The van der Waals surface area contributed by atoms with Gasteiger partial charge in [0.1, 0.15) is 19.0 Å². The van der Waals surface area contributed by atoms with Gasteiger partial charge in [0.25, 0.3) is 0 Å². The van der Waals surface area contributed by atoms with E-state index in [1.54, 1.807) is 13.4 Å². The number of nitrogens with one attached hydrogen (secondary N) is 1. The van der Waals surface area contributed by atoms with Crippen LogP contribution in [0.2, 0.25) is 5.02 Å². The molecule has 1 aliphatic rings. The normalized spacial score (nSPS) is 14.8. The molecule has 0 bridgehead atoms. The third-order valence-electron chi connectivity index (χ3n) is 5.33. The molecule has 1 aromatic heterocycles. The van der Waals surface area contributed by atoms with Gasteiger partial charge in [-0.1, -0.05) is 60.1 Å². The van der Waals surface area contributed by atoms with Crippen LogP contribution in [0.1, 0.15) is 22.7 Å². The lowest BCUT2D eigenvalue weighted by Gasteiger charge is -2.25. The Morgan fingerprint density at radius 2 is 1.81 bits per heavy atom. The van der Waals surface area contributed by atoms with Crippen molar-refractivity contribution in [2.75, 3.05) is 12.4 Å². The number of aromatic nitrogens is 3. The molecule has 1 aliphatic heterocycles. The van der Waals surface area contributed by atoms with Crippen LogP contribution in [-0.4, -0.2) is 21.9 Å². The van der Waals surface area contributed by atoms with E-state index in [4.69, 9.17) is 21.1 Å². The molecule has 6 nitrogen and oxygen atoms in total. The number of benzene rings is 3. The highest BCUT2D eigenvalue weighted by atomic mass is 35.5. The van der Waals surface area contributed by atoms with Crippen molar-refractivity contribution in [2.24, 2.45) is 0 Å². The fourth-order valence-electron chi connectivity index (χ4n) is 3.69. The molecule has 160 valence electrons. The molecule has 1 N–H and O–H groups in total. The Labute approximate surface area is 191 Å². The summed E-state index contributed by atoms with van der Waals surface area (Å²) in [7, 11) is 1.64. The van der Waals surface area contributed by atoms with E-state index >= 15 is 0 Å².